The smallest absolute Gasteiger partial charge is 0.0788 e. The van der Waals surface area contributed by atoms with E-state index in [4.69, 9.17) is 0 Å². The van der Waals surface area contributed by atoms with Crippen LogP contribution in [0, 0.1) is 5.41 Å². The van der Waals surface area contributed by atoms with Gasteiger partial charge in [-0.05, 0) is 29.4 Å². The number of hydrogen-bond acceptors (Lipinski definition) is 0. The van der Waals surface area contributed by atoms with Gasteiger partial charge in [0.25, 0.3) is 0 Å². The number of allylic oxidation sites excluding steroid dienone is 2. The topological polar surface area (TPSA) is 0 Å². The predicted octanol–water partition coefficient (Wildman–Crippen LogP) is 6.05. The highest BCUT2D eigenvalue weighted by Gasteiger charge is 2.37. The summed E-state index contributed by atoms with van der Waals surface area (Å²) < 4.78 is 1.16. The van der Waals surface area contributed by atoms with E-state index in [9.17, 15) is 0 Å². The normalized spacial score (nSPS) is 19.2. The van der Waals surface area contributed by atoms with Crippen LogP contribution in [0.4, 0.5) is 0 Å². The molecular weight excluding hydrogens is 314 g/mol. The molecule has 136 valence electrons. The molecule has 1 heterocycles. The molecule has 1 fully saturated rings. The zero-order valence-corrected chi connectivity index (χ0v) is 16.3. The second-order valence-corrected chi connectivity index (χ2v) is 8.42. The summed E-state index contributed by atoms with van der Waals surface area (Å²) in [5, 5.41) is 0. The van der Waals surface area contributed by atoms with Crippen molar-refractivity contribution in [2.45, 2.75) is 25.7 Å². The van der Waals surface area contributed by atoms with Gasteiger partial charge in [0.1, 0.15) is 0 Å². The number of hydrogen-bond donors (Lipinski definition) is 0. The van der Waals surface area contributed by atoms with Gasteiger partial charge in [0, 0.05) is 12.8 Å². The number of piperidine rings is 1. The fourth-order valence-electron chi connectivity index (χ4n) is 3.83. The lowest BCUT2D eigenvalue weighted by Crippen LogP contribution is -2.49. The summed E-state index contributed by atoms with van der Waals surface area (Å²) >= 11 is 0. The fraction of sp³-hybridized carbons (Fsp3) is 0.360. The van der Waals surface area contributed by atoms with Gasteiger partial charge in [-0.3, -0.25) is 0 Å². The molecule has 0 amide bonds. The molecule has 0 saturated carbocycles. The highest BCUT2D eigenvalue weighted by molar-refractivity contribution is 5.49. The van der Waals surface area contributed by atoms with Crippen LogP contribution in [-0.4, -0.2) is 31.7 Å². The maximum absolute atomic E-state index is 2.40. The van der Waals surface area contributed by atoms with Gasteiger partial charge in [-0.25, -0.2) is 0 Å². The molecule has 1 aliphatic rings. The van der Waals surface area contributed by atoms with Gasteiger partial charge in [0.2, 0.25) is 0 Å². The molecule has 0 spiro atoms. The van der Waals surface area contributed by atoms with Crippen molar-refractivity contribution in [1.29, 1.82) is 0 Å². The first-order valence-electron chi connectivity index (χ1n) is 9.82. The maximum Gasteiger partial charge on any atom is 0.0788 e. The molecular formula is C25H32N+. The van der Waals surface area contributed by atoms with Crippen molar-refractivity contribution in [3.8, 4) is 0 Å². The Balaban J connectivity index is 1.68. The van der Waals surface area contributed by atoms with Gasteiger partial charge in [0.05, 0.1) is 27.2 Å². The zero-order valence-electron chi connectivity index (χ0n) is 16.3. The molecule has 3 rings (SSSR count). The van der Waals surface area contributed by atoms with Crippen LogP contribution in [0.1, 0.15) is 36.8 Å². The number of nitrogens with zero attached hydrogens (tertiary/aromatic N) is 1. The Hall–Kier alpha value is -2.12. The highest BCUT2D eigenvalue weighted by Crippen LogP contribution is 2.40. The van der Waals surface area contributed by atoms with E-state index in [2.05, 4.69) is 99.1 Å². The number of likely N-dealkylation sites (tertiary alicyclic amines) is 1. The monoisotopic (exact) mass is 346 g/mol. The van der Waals surface area contributed by atoms with Crippen molar-refractivity contribution >= 4 is 12.2 Å². The Labute approximate surface area is 159 Å². The molecule has 1 heteroatoms. The first-order chi connectivity index (χ1) is 12.6. The lowest BCUT2D eigenvalue weighted by atomic mass is 9.72. The van der Waals surface area contributed by atoms with Gasteiger partial charge in [0.15, 0.2) is 0 Å². The number of benzene rings is 2. The van der Waals surface area contributed by atoms with E-state index < -0.39 is 0 Å². The molecule has 1 saturated heterocycles. The van der Waals surface area contributed by atoms with Gasteiger partial charge in [-0.1, -0.05) is 85.0 Å². The van der Waals surface area contributed by atoms with Crippen LogP contribution in [-0.2, 0) is 0 Å². The lowest BCUT2D eigenvalue weighted by molar-refractivity contribution is -0.897. The lowest BCUT2D eigenvalue weighted by Gasteiger charge is -2.44. The molecule has 0 atom stereocenters. The maximum atomic E-state index is 2.40. The quantitative estimate of drug-likeness (QED) is 0.559. The summed E-state index contributed by atoms with van der Waals surface area (Å²) in [4.78, 5) is 0. The molecule has 0 bridgehead atoms. The molecule has 26 heavy (non-hydrogen) atoms. The Morgan fingerprint density at radius 3 is 1.58 bits per heavy atom. The third-order valence-electron chi connectivity index (χ3n) is 5.82. The summed E-state index contributed by atoms with van der Waals surface area (Å²) in [6.45, 7) is 2.55. The molecule has 0 aliphatic carbocycles. The second kappa shape index (κ2) is 8.51. The van der Waals surface area contributed by atoms with Gasteiger partial charge < -0.3 is 4.48 Å². The Morgan fingerprint density at radius 1 is 0.731 bits per heavy atom. The van der Waals surface area contributed by atoms with Crippen LogP contribution < -0.4 is 0 Å². The number of quaternary nitrogens is 1. The van der Waals surface area contributed by atoms with Crippen LogP contribution in [0.25, 0.3) is 12.2 Å². The van der Waals surface area contributed by atoms with E-state index in [1.165, 1.54) is 49.9 Å². The van der Waals surface area contributed by atoms with E-state index in [-0.39, 0.29) is 0 Å². The minimum Gasteiger partial charge on any atom is -0.328 e. The summed E-state index contributed by atoms with van der Waals surface area (Å²) in [5.41, 5.74) is 3.01. The van der Waals surface area contributed by atoms with E-state index >= 15 is 0 Å². The molecule has 0 unspecified atom stereocenters. The Morgan fingerprint density at radius 2 is 1.15 bits per heavy atom. The van der Waals surface area contributed by atoms with Crippen LogP contribution in [0.5, 0.6) is 0 Å². The molecule has 1 aliphatic heterocycles. The minimum atomic E-state index is 0.407. The molecule has 0 N–H and O–H groups in total. The average molecular weight is 347 g/mol. The van der Waals surface area contributed by atoms with Crippen molar-refractivity contribution < 1.29 is 4.48 Å². The average Bonchev–Trinajstić information content (AvgIpc) is 2.66. The van der Waals surface area contributed by atoms with Gasteiger partial charge >= 0.3 is 0 Å². The van der Waals surface area contributed by atoms with E-state index in [0.717, 1.165) is 4.48 Å². The van der Waals surface area contributed by atoms with Gasteiger partial charge in [-0.2, -0.15) is 0 Å². The molecule has 2 aromatic carbocycles. The fourth-order valence-corrected chi connectivity index (χ4v) is 3.83. The largest absolute Gasteiger partial charge is 0.328 e. The zero-order chi connectivity index (χ0) is 18.3. The van der Waals surface area contributed by atoms with Crippen molar-refractivity contribution in [2.75, 3.05) is 27.2 Å². The van der Waals surface area contributed by atoms with Crippen LogP contribution in [0.2, 0.25) is 0 Å². The Bertz CT molecular complexity index is 662. The molecule has 0 radical (unpaired) electrons. The van der Waals surface area contributed by atoms with E-state index in [0.29, 0.717) is 5.41 Å². The first-order valence-corrected chi connectivity index (χ1v) is 9.82. The number of rotatable bonds is 6. The second-order valence-electron chi connectivity index (χ2n) is 8.42. The minimum absolute atomic E-state index is 0.407. The molecule has 1 nitrogen and oxygen atoms in total. The molecule has 0 aromatic heterocycles. The first kappa shape index (κ1) is 18.7. The van der Waals surface area contributed by atoms with Crippen molar-refractivity contribution in [2.24, 2.45) is 5.41 Å². The van der Waals surface area contributed by atoms with E-state index in [1.807, 2.05) is 0 Å². The SMILES string of the molecule is C[N+]1(C)CCC(CC=Cc2ccccc2)(CC=Cc2ccccc2)CC1. The van der Waals surface area contributed by atoms with Crippen molar-refractivity contribution in [3.05, 3.63) is 83.9 Å². The summed E-state index contributed by atoms with van der Waals surface area (Å²) in [5.74, 6) is 0. The van der Waals surface area contributed by atoms with Gasteiger partial charge in [-0.15, -0.1) is 0 Å². The Kier molecular flexibility index (Phi) is 6.11. The third-order valence-corrected chi connectivity index (χ3v) is 5.82. The van der Waals surface area contributed by atoms with Crippen LogP contribution >= 0.6 is 0 Å². The standard InChI is InChI=1S/C25H32N/c1-26(2)21-19-25(20-22-26,17-9-15-23-11-5-3-6-12-23)18-10-16-24-13-7-4-8-14-24/h3-16H,17-22H2,1-2H3/q+1. The van der Waals surface area contributed by atoms with E-state index in [1.54, 1.807) is 0 Å². The summed E-state index contributed by atoms with van der Waals surface area (Å²) in [7, 11) is 4.73. The van der Waals surface area contributed by atoms with Crippen molar-refractivity contribution in [3.63, 3.8) is 0 Å². The summed E-state index contributed by atoms with van der Waals surface area (Å²) in [6.07, 6.45) is 14.3. The predicted molar refractivity (Wildman–Crippen MR) is 114 cm³/mol. The molecule has 2 aromatic rings. The summed E-state index contributed by atoms with van der Waals surface area (Å²) in [6, 6.07) is 21.3. The van der Waals surface area contributed by atoms with Crippen LogP contribution in [0.3, 0.4) is 0 Å². The highest BCUT2D eigenvalue weighted by atomic mass is 15.3. The van der Waals surface area contributed by atoms with Crippen molar-refractivity contribution in [1.82, 2.24) is 0 Å². The third kappa shape index (κ3) is 5.44. The van der Waals surface area contributed by atoms with Crippen LogP contribution in [0.15, 0.2) is 72.8 Å².